The Labute approximate surface area is 171 Å². The monoisotopic (exact) mass is 419 g/mol. The summed E-state index contributed by atoms with van der Waals surface area (Å²) in [4.78, 5) is 12.5. The van der Waals surface area contributed by atoms with Crippen molar-refractivity contribution in [3.63, 3.8) is 0 Å². The van der Waals surface area contributed by atoms with Crippen molar-refractivity contribution in [1.82, 2.24) is 4.31 Å². The molecule has 3 rings (SSSR count). The van der Waals surface area contributed by atoms with Crippen molar-refractivity contribution in [1.29, 1.82) is 0 Å². The van der Waals surface area contributed by atoms with Crippen LogP contribution in [0.25, 0.3) is 0 Å². The maximum Gasteiger partial charge on any atom is 0.338 e. The highest BCUT2D eigenvalue weighted by atomic mass is 32.2. The Morgan fingerprint density at radius 1 is 1.21 bits per heavy atom. The summed E-state index contributed by atoms with van der Waals surface area (Å²) < 4.78 is 42.3. The van der Waals surface area contributed by atoms with Crippen LogP contribution in [0.15, 0.2) is 41.3 Å². The zero-order chi connectivity index (χ0) is 21.2. The smallest absolute Gasteiger partial charge is 0.338 e. The van der Waals surface area contributed by atoms with E-state index in [1.807, 2.05) is 26.0 Å². The number of esters is 1. The second-order valence-electron chi connectivity index (χ2n) is 7.02. The Kier molecular flexibility index (Phi) is 6.14. The first-order valence-electron chi connectivity index (χ1n) is 9.37. The van der Waals surface area contributed by atoms with Gasteiger partial charge in [0, 0.05) is 31.6 Å². The number of carbonyl (C=O) groups excluding carboxylic acids is 1. The third-order valence-corrected chi connectivity index (χ3v) is 6.44. The molecule has 1 aliphatic heterocycles. The molecule has 0 unspecified atom stereocenters. The van der Waals surface area contributed by atoms with E-state index in [0.717, 1.165) is 27.6 Å². The highest BCUT2D eigenvalue weighted by molar-refractivity contribution is 7.89. The molecule has 0 amide bonds. The zero-order valence-electron chi connectivity index (χ0n) is 17.0. The van der Waals surface area contributed by atoms with Gasteiger partial charge >= 0.3 is 5.97 Å². The number of rotatable bonds is 7. The second-order valence-corrected chi connectivity index (χ2v) is 9.17. The average molecular weight is 419 g/mol. The maximum atomic E-state index is 12.4. The fourth-order valence-electron chi connectivity index (χ4n) is 3.08. The van der Waals surface area contributed by atoms with Crippen LogP contribution >= 0.6 is 0 Å². The van der Waals surface area contributed by atoms with Crippen molar-refractivity contribution in [2.24, 2.45) is 0 Å². The fraction of sp³-hybridized carbons (Fsp3) is 0.381. The minimum atomic E-state index is -3.55. The summed E-state index contributed by atoms with van der Waals surface area (Å²) in [5.74, 6) is 0.908. The molecular weight excluding hydrogens is 394 g/mol. The molecule has 7 nitrogen and oxygen atoms in total. The number of hydrogen-bond acceptors (Lipinski definition) is 6. The lowest BCUT2D eigenvalue weighted by Crippen LogP contribution is -2.22. The Morgan fingerprint density at radius 2 is 1.90 bits per heavy atom. The van der Waals surface area contributed by atoms with E-state index in [0.29, 0.717) is 12.4 Å². The van der Waals surface area contributed by atoms with Gasteiger partial charge in [0.05, 0.1) is 17.1 Å². The first-order valence-corrected chi connectivity index (χ1v) is 10.8. The molecule has 156 valence electrons. The van der Waals surface area contributed by atoms with Crippen molar-refractivity contribution >= 4 is 16.0 Å². The van der Waals surface area contributed by atoms with E-state index in [4.69, 9.17) is 14.2 Å². The molecule has 0 saturated heterocycles. The summed E-state index contributed by atoms with van der Waals surface area (Å²) in [6, 6.07) is 9.45. The maximum absolute atomic E-state index is 12.4. The molecule has 0 spiro atoms. The van der Waals surface area contributed by atoms with Crippen LogP contribution in [-0.4, -0.2) is 45.5 Å². The van der Waals surface area contributed by atoms with Gasteiger partial charge in [0.1, 0.15) is 24.2 Å². The predicted molar refractivity (Wildman–Crippen MR) is 108 cm³/mol. The molecule has 2 aromatic carbocycles. The van der Waals surface area contributed by atoms with E-state index >= 15 is 0 Å². The Balaban J connectivity index is 1.73. The number of fused-ring (bicyclic) bond motifs is 1. The van der Waals surface area contributed by atoms with Crippen molar-refractivity contribution in [2.75, 3.05) is 20.7 Å². The van der Waals surface area contributed by atoms with Gasteiger partial charge in [0.25, 0.3) is 0 Å². The van der Waals surface area contributed by atoms with Gasteiger partial charge < -0.3 is 14.2 Å². The number of carbonyl (C=O) groups is 1. The topological polar surface area (TPSA) is 82.1 Å². The number of sulfonamides is 1. The highest BCUT2D eigenvalue weighted by Gasteiger charge is 2.23. The lowest BCUT2D eigenvalue weighted by Gasteiger charge is -2.13. The zero-order valence-corrected chi connectivity index (χ0v) is 17.8. The molecule has 0 fully saturated rings. The van der Waals surface area contributed by atoms with Crippen LogP contribution in [0.4, 0.5) is 0 Å². The van der Waals surface area contributed by atoms with Gasteiger partial charge in [-0.15, -0.1) is 0 Å². The minimum Gasteiger partial charge on any atom is -0.493 e. The lowest BCUT2D eigenvalue weighted by molar-refractivity contribution is 0.0469. The Morgan fingerprint density at radius 3 is 2.52 bits per heavy atom. The second kappa shape index (κ2) is 8.42. The van der Waals surface area contributed by atoms with Crippen LogP contribution < -0.4 is 9.47 Å². The Bertz CT molecular complexity index is 999. The molecule has 0 aliphatic carbocycles. The van der Waals surface area contributed by atoms with E-state index in [2.05, 4.69) is 0 Å². The van der Waals surface area contributed by atoms with E-state index in [-0.39, 0.29) is 23.2 Å². The number of ether oxygens (including phenoxy) is 3. The van der Waals surface area contributed by atoms with Crippen LogP contribution in [0.3, 0.4) is 0 Å². The average Bonchev–Trinajstić information content (AvgIpc) is 3.05. The van der Waals surface area contributed by atoms with Crippen molar-refractivity contribution in [2.45, 2.75) is 37.9 Å². The van der Waals surface area contributed by atoms with E-state index in [9.17, 15) is 13.2 Å². The van der Waals surface area contributed by atoms with Gasteiger partial charge in [-0.05, 0) is 50.2 Å². The molecule has 2 aromatic rings. The summed E-state index contributed by atoms with van der Waals surface area (Å²) in [7, 11) is -0.640. The minimum absolute atomic E-state index is 0.0247. The first kappa shape index (κ1) is 21.1. The Hall–Kier alpha value is -2.58. The molecule has 0 radical (unpaired) electrons. The summed E-state index contributed by atoms with van der Waals surface area (Å²) in [5, 5.41) is 0. The molecule has 1 atom stereocenters. The van der Waals surface area contributed by atoms with Gasteiger partial charge in [-0.25, -0.2) is 17.5 Å². The molecule has 0 bridgehead atoms. The summed E-state index contributed by atoms with van der Waals surface area (Å²) in [6.07, 6.45) is 0.923. The summed E-state index contributed by atoms with van der Waals surface area (Å²) in [5.41, 5.74) is 2.07. The van der Waals surface area contributed by atoms with E-state index < -0.39 is 16.0 Å². The fourth-order valence-corrected chi connectivity index (χ4v) is 3.99. The molecule has 1 heterocycles. The molecule has 1 aliphatic rings. The molecule has 0 aromatic heterocycles. The third-order valence-electron chi connectivity index (χ3n) is 4.61. The van der Waals surface area contributed by atoms with Gasteiger partial charge in [0.2, 0.25) is 10.0 Å². The first-order chi connectivity index (χ1) is 13.7. The van der Waals surface area contributed by atoms with Crippen LogP contribution in [0.5, 0.6) is 11.5 Å². The van der Waals surface area contributed by atoms with Crippen molar-refractivity contribution < 1.29 is 27.4 Å². The molecule has 8 heteroatoms. The van der Waals surface area contributed by atoms with Crippen LogP contribution in [0.1, 0.15) is 35.3 Å². The predicted octanol–water partition coefficient (Wildman–Crippen LogP) is 3.02. The molecular formula is C21H25NO6S. The largest absolute Gasteiger partial charge is 0.493 e. The van der Waals surface area contributed by atoms with Crippen molar-refractivity contribution in [3.8, 4) is 11.5 Å². The SMILES string of the molecule is CCOc1cc2c(cc1COC(=O)c1ccc(S(=O)(=O)N(C)C)cc1)O[C@H](C)C2. The van der Waals surface area contributed by atoms with Crippen LogP contribution in [0, 0.1) is 0 Å². The normalized spacial score (nSPS) is 15.7. The third kappa shape index (κ3) is 4.54. The van der Waals surface area contributed by atoms with Crippen molar-refractivity contribution in [3.05, 3.63) is 53.1 Å². The number of hydrogen-bond donors (Lipinski definition) is 0. The van der Waals surface area contributed by atoms with E-state index in [1.165, 1.54) is 38.4 Å². The van der Waals surface area contributed by atoms with E-state index in [1.54, 1.807) is 0 Å². The molecule has 0 N–H and O–H groups in total. The van der Waals surface area contributed by atoms with Gasteiger partial charge in [-0.1, -0.05) is 0 Å². The number of nitrogens with zero attached hydrogens (tertiary/aromatic N) is 1. The van der Waals surface area contributed by atoms with Crippen LogP contribution in [0.2, 0.25) is 0 Å². The molecule has 29 heavy (non-hydrogen) atoms. The van der Waals surface area contributed by atoms with Gasteiger partial charge in [0.15, 0.2) is 0 Å². The van der Waals surface area contributed by atoms with Crippen LogP contribution in [-0.2, 0) is 27.8 Å². The van der Waals surface area contributed by atoms with Gasteiger partial charge in [-0.2, -0.15) is 0 Å². The standard InChI is InChI=1S/C21H25NO6S/c1-5-26-19-11-16-10-14(2)28-20(16)12-17(19)13-27-21(23)15-6-8-18(9-7-15)29(24,25)22(3)4/h6-9,11-12,14H,5,10,13H2,1-4H3/t14-/m1/s1. The quantitative estimate of drug-likeness (QED) is 0.642. The lowest BCUT2D eigenvalue weighted by atomic mass is 10.1. The molecule has 0 saturated carbocycles. The number of benzene rings is 2. The van der Waals surface area contributed by atoms with Gasteiger partial charge in [-0.3, -0.25) is 0 Å². The summed E-state index contributed by atoms with van der Waals surface area (Å²) in [6.45, 7) is 4.42. The summed E-state index contributed by atoms with van der Waals surface area (Å²) >= 11 is 0. The highest BCUT2D eigenvalue weighted by Crippen LogP contribution is 2.35.